The van der Waals surface area contributed by atoms with E-state index in [9.17, 15) is 17.2 Å². The van der Waals surface area contributed by atoms with E-state index in [4.69, 9.17) is 0 Å². The van der Waals surface area contributed by atoms with E-state index in [0.717, 1.165) is 0 Å². The molecule has 1 aromatic heterocycles. The van der Waals surface area contributed by atoms with Gasteiger partial charge in [-0.15, -0.1) is 0 Å². The Morgan fingerprint density at radius 2 is 1.50 bits per heavy atom. The molecule has 3 rings (SSSR count). The Kier molecular flexibility index (Phi) is 5.34. The maximum atomic E-state index is 13.0. The molecule has 0 fully saturated rings. The van der Waals surface area contributed by atoms with Crippen LogP contribution in [0.3, 0.4) is 0 Å². The minimum Gasteiger partial charge on any atom is -0.240 e. The number of hydrogen-bond acceptors (Lipinski definition) is 4. The SMILES string of the molecule is O=S(=O)(Cc1ccc(F)cc1)NCc1cc(-c2ccc(F)cc2)ncn1. The Hall–Kier alpha value is -2.71. The second-order valence-electron chi connectivity index (χ2n) is 5.61. The summed E-state index contributed by atoms with van der Waals surface area (Å²) < 4.78 is 52.7. The minimum atomic E-state index is -3.61. The summed E-state index contributed by atoms with van der Waals surface area (Å²) in [5.74, 6) is -1.03. The summed E-state index contributed by atoms with van der Waals surface area (Å²) in [6.45, 7) is -0.0136. The van der Waals surface area contributed by atoms with E-state index < -0.39 is 15.8 Å². The van der Waals surface area contributed by atoms with Gasteiger partial charge in [0, 0.05) is 5.56 Å². The van der Waals surface area contributed by atoms with Gasteiger partial charge in [-0.25, -0.2) is 31.9 Å². The summed E-state index contributed by atoms with van der Waals surface area (Å²) in [5, 5.41) is 0. The highest BCUT2D eigenvalue weighted by Crippen LogP contribution is 2.17. The molecule has 0 atom stereocenters. The topological polar surface area (TPSA) is 72.0 Å². The van der Waals surface area contributed by atoms with Gasteiger partial charge < -0.3 is 0 Å². The Bertz CT molecular complexity index is 992. The van der Waals surface area contributed by atoms with Crippen LogP contribution in [-0.4, -0.2) is 18.4 Å². The van der Waals surface area contributed by atoms with Crippen molar-refractivity contribution in [1.29, 1.82) is 0 Å². The summed E-state index contributed by atoms with van der Waals surface area (Å²) in [4.78, 5) is 8.16. The van der Waals surface area contributed by atoms with Crippen LogP contribution < -0.4 is 4.72 Å². The number of nitrogens with one attached hydrogen (secondary N) is 1. The summed E-state index contributed by atoms with van der Waals surface area (Å²) in [5.41, 5.74) is 2.22. The summed E-state index contributed by atoms with van der Waals surface area (Å²) >= 11 is 0. The molecule has 0 aliphatic rings. The van der Waals surface area contributed by atoms with Crippen molar-refractivity contribution in [1.82, 2.24) is 14.7 Å². The number of rotatable bonds is 6. The normalized spacial score (nSPS) is 11.5. The molecule has 0 saturated heterocycles. The van der Waals surface area contributed by atoms with Crippen molar-refractivity contribution in [2.75, 3.05) is 0 Å². The van der Waals surface area contributed by atoms with Gasteiger partial charge in [-0.05, 0) is 48.0 Å². The lowest BCUT2D eigenvalue weighted by molar-refractivity contribution is 0.579. The first-order chi connectivity index (χ1) is 12.4. The van der Waals surface area contributed by atoms with E-state index >= 15 is 0 Å². The summed E-state index contributed by atoms with van der Waals surface area (Å²) in [7, 11) is -3.61. The van der Waals surface area contributed by atoms with Gasteiger partial charge >= 0.3 is 0 Å². The number of hydrogen-bond donors (Lipinski definition) is 1. The van der Waals surface area contributed by atoms with Gasteiger partial charge in [0.15, 0.2) is 0 Å². The van der Waals surface area contributed by atoms with Crippen LogP contribution in [0.25, 0.3) is 11.3 Å². The molecule has 26 heavy (non-hydrogen) atoms. The zero-order chi connectivity index (χ0) is 18.6. The van der Waals surface area contributed by atoms with Gasteiger partial charge in [-0.2, -0.15) is 0 Å². The molecule has 5 nitrogen and oxygen atoms in total. The lowest BCUT2D eigenvalue weighted by Gasteiger charge is -2.08. The second-order valence-corrected chi connectivity index (χ2v) is 7.41. The standard InChI is InChI=1S/C18H15F2N3O2S/c19-15-5-1-13(2-6-15)11-26(24,25)23-10-17-9-18(22-12-21-17)14-3-7-16(20)8-4-14/h1-9,12,23H,10-11H2. The molecule has 0 bridgehead atoms. The van der Waals surface area contributed by atoms with Crippen LogP contribution in [0.4, 0.5) is 8.78 Å². The highest BCUT2D eigenvalue weighted by atomic mass is 32.2. The lowest BCUT2D eigenvalue weighted by atomic mass is 10.1. The van der Waals surface area contributed by atoms with E-state index in [1.807, 2.05) is 0 Å². The van der Waals surface area contributed by atoms with Crippen LogP contribution in [0.2, 0.25) is 0 Å². The third-order valence-electron chi connectivity index (χ3n) is 3.61. The largest absolute Gasteiger partial charge is 0.240 e. The average molecular weight is 375 g/mol. The number of halogens is 2. The van der Waals surface area contributed by atoms with Crippen molar-refractivity contribution in [3.05, 3.63) is 83.8 Å². The Morgan fingerprint density at radius 3 is 2.15 bits per heavy atom. The third-order valence-corrected chi connectivity index (χ3v) is 4.90. The number of nitrogens with zero attached hydrogens (tertiary/aromatic N) is 2. The molecule has 2 aromatic carbocycles. The van der Waals surface area contributed by atoms with Crippen LogP contribution in [0.15, 0.2) is 60.9 Å². The predicted octanol–water partition coefficient (Wildman–Crippen LogP) is 3.04. The van der Waals surface area contributed by atoms with Crippen molar-refractivity contribution in [2.24, 2.45) is 0 Å². The van der Waals surface area contributed by atoms with Gasteiger partial charge in [0.25, 0.3) is 0 Å². The van der Waals surface area contributed by atoms with E-state index in [1.165, 1.54) is 42.7 Å². The molecular weight excluding hydrogens is 360 g/mol. The molecule has 0 radical (unpaired) electrons. The molecular formula is C18H15F2N3O2S. The zero-order valence-corrected chi connectivity index (χ0v) is 14.4. The number of sulfonamides is 1. The van der Waals surface area contributed by atoms with E-state index in [2.05, 4.69) is 14.7 Å². The molecule has 0 aliphatic carbocycles. The molecule has 1 heterocycles. The van der Waals surface area contributed by atoms with Gasteiger partial charge in [0.2, 0.25) is 10.0 Å². The minimum absolute atomic E-state index is 0.0136. The van der Waals surface area contributed by atoms with Gasteiger partial charge in [-0.1, -0.05) is 12.1 Å². The highest BCUT2D eigenvalue weighted by Gasteiger charge is 2.12. The fourth-order valence-corrected chi connectivity index (χ4v) is 3.41. The van der Waals surface area contributed by atoms with Crippen LogP contribution in [0, 0.1) is 11.6 Å². The Labute approximate surface area is 149 Å². The van der Waals surface area contributed by atoms with E-state index in [-0.39, 0.29) is 18.1 Å². The van der Waals surface area contributed by atoms with Crippen molar-refractivity contribution < 1.29 is 17.2 Å². The fourth-order valence-electron chi connectivity index (χ4n) is 2.31. The number of aromatic nitrogens is 2. The highest BCUT2D eigenvalue weighted by molar-refractivity contribution is 7.88. The molecule has 3 aromatic rings. The second kappa shape index (κ2) is 7.67. The molecule has 1 N–H and O–H groups in total. The molecule has 0 aliphatic heterocycles. The fraction of sp³-hybridized carbons (Fsp3) is 0.111. The van der Waals surface area contributed by atoms with Gasteiger partial charge in [0.05, 0.1) is 23.7 Å². The number of benzene rings is 2. The first-order valence-electron chi connectivity index (χ1n) is 7.70. The molecule has 134 valence electrons. The third kappa shape index (κ3) is 4.90. The first kappa shape index (κ1) is 18.1. The molecule has 8 heteroatoms. The van der Waals surface area contributed by atoms with Crippen LogP contribution in [-0.2, 0) is 22.3 Å². The maximum absolute atomic E-state index is 13.0. The molecule has 0 amide bonds. The lowest BCUT2D eigenvalue weighted by Crippen LogP contribution is -2.25. The Balaban J connectivity index is 1.68. The smallest absolute Gasteiger partial charge is 0.216 e. The average Bonchev–Trinajstić information content (AvgIpc) is 2.63. The zero-order valence-electron chi connectivity index (χ0n) is 13.6. The van der Waals surface area contributed by atoms with Crippen molar-refractivity contribution in [2.45, 2.75) is 12.3 Å². The Morgan fingerprint density at radius 1 is 0.885 bits per heavy atom. The maximum Gasteiger partial charge on any atom is 0.216 e. The monoisotopic (exact) mass is 375 g/mol. The van der Waals surface area contributed by atoms with Gasteiger partial charge in [0.1, 0.15) is 18.0 Å². The van der Waals surface area contributed by atoms with Crippen LogP contribution in [0.5, 0.6) is 0 Å². The molecule has 0 unspecified atom stereocenters. The van der Waals surface area contributed by atoms with Crippen molar-refractivity contribution >= 4 is 10.0 Å². The molecule has 0 spiro atoms. The molecule has 0 saturated carbocycles. The first-order valence-corrected chi connectivity index (χ1v) is 9.35. The quantitative estimate of drug-likeness (QED) is 0.719. The van der Waals surface area contributed by atoms with Crippen LogP contribution >= 0.6 is 0 Å². The van der Waals surface area contributed by atoms with Gasteiger partial charge in [-0.3, -0.25) is 0 Å². The van der Waals surface area contributed by atoms with E-state index in [1.54, 1.807) is 18.2 Å². The predicted molar refractivity (Wildman–Crippen MR) is 93.3 cm³/mol. The summed E-state index contributed by atoms with van der Waals surface area (Å²) in [6, 6.07) is 12.7. The van der Waals surface area contributed by atoms with Crippen molar-refractivity contribution in [3.63, 3.8) is 0 Å². The summed E-state index contributed by atoms with van der Waals surface area (Å²) in [6.07, 6.45) is 1.32. The van der Waals surface area contributed by atoms with Crippen molar-refractivity contribution in [3.8, 4) is 11.3 Å². The van der Waals surface area contributed by atoms with Crippen LogP contribution in [0.1, 0.15) is 11.3 Å². The van der Waals surface area contributed by atoms with E-state index in [0.29, 0.717) is 22.5 Å².